The second-order valence-electron chi connectivity index (χ2n) is 6.20. The number of carbonyl (C=O) groups excluding carboxylic acids is 1. The molecule has 7 nitrogen and oxygen atoms in total. The maximum absolute atomic E-state index is 11.8. The summed E-state index contributed by atoms with van der Waals surface area (Å²) in [5, 5.41) is 4.19. The summed E-state index contributed by atoms with van der Waals surface area (Å²) in [6.07, 6.45) is 6.31. The summed E-state index contributed by atoms with van der Waals surface area (Å²) in [6.45, 7) is 1.77. The number of nitrogens with zero attached hydrogens (tertiary/aromatic N) is 5. The lowest BCUT2D eigenvalue weighted by molar-refractivity contribution is -0.136. The lowest BCUT2D eigenvalue weighted by Gasteiger charge is -2.31. The van der Waals surface area contributed by atoms with Crippen LogP contribution in [0, 0.1) is 5.92 Å². The number of hydrogen-bond acceptors (Lipinski definition) is 5. The van der Waals surface area contributed by atoms with Gasteiger partial charge in [0.05, 0.1) is 11.4 Å². The highest BCUT2D eigenvalue weighted by Crippen LogP contribution is 2.23. The fraction of sp³-hybridized carbons (Fsp3) is 0.529. The molecule has 0 spiro atoms. The van der Waals surface area contributed by atoms with Crippen LogP contribution in [0.3, 0.4) is 0 Å². The standard InChI is InChI=1S/C17H23N5O2/c1-21-16(3-6-20-21)15-10-14(18-12-19-15)9-13-4-7-22(8-5-13)17(23)11-24-2/h3,6,10,12-13H,4-5,7-9,11H2,1-2H3. The van der Waals surface area contributed by atoms with Crippen molar-refractivity contribution in [2.75, 3.05) is 26.8 Å². The van der Waals surface area contributed by atoms with Crippen molar-refractivity contribution in [2.45, 2.75) is 19.3 Å². The van der Waals surface area contributed by atoms with Crippen LogP contribution < -0.4 is 0 Å². The number of ether oxygens (including phenoxy) is 1. The first-order chi connectivity index (χ1) is 11.7. The molecule has 3 rings (SSSR count). The van der Waals surface area contributed by atoms with Gasteiger partial charge in [-0.05, 0) is 37.3 Å². The topological polar surface area (TPSA) is 73.1 Å². The average molecular weight is 329 g/mol. The zero-order valence-corrected chi connectivity index (χ0v) is 14.2. The third-order valence-electron chi connectivity index (χ3n) is 4.54. The molecule has 0 aromatic carbocycles. The number of amides is 1. The van der Waals surface area contributed by atoms with Gasteiger partial charge in [-0.25, -0.2) is 9.97 Å². The van der Waals surface area contributed by atoms with Gasteiger partial charge in [0.2, 0.25) is 5.91 Å². The molecule has 0 atom stereocenters. The first-order valence-electron chi connectivity index (χ1n) is 8.23. The highest BCUT2D eigenvalue weighted by molar-refractivity contribution is 5.77. The molecular weight excluding hydrogens is 306 g/mol. The molecule has 1 amide bonds. The summed E-state index contributed by atoms with van der Waals surface area (Å²) in [7, 11) is 3.46. The van der Waals surface area contributed by atoms with E-state index in [-0.39, 0.29) is 12.5 Å². The molecule has 2 aromatic heterocycles. The first-order valence-corrected chi connectivity index (χ1v) is 8.23. The number of aryl methyl sites for hydroxylation is 1. The number of piperidine rings is 1. The van der Waals surface area contributed by atoms with Crippen LogP contribution in [0.2, 0.25) is 0 Å². The molecule has 1 fully saturated rings. The van der Waals surface area contributed by atoms with E-state index in [1.165, 1.54) is 0 Å². The van der Waals surface area contributed by atoms with Crippen LogP contribution in [0.4, 0.5) is 0 Å². The van der Waals surface area contributed by atoms with Crippen LogP contribution in [-0.4, -0.2) is 57.4 Å². The summed E-state index contributed by atoms with van der Waals surface area (Å²) < 4.78 is 6.73. The normalized spacial score (nSPS) is 15.7. The molecule has 2 aromatic rings. The van der Waals surface area contributed by atoms with Gasteiger partial charge in [-0.1, -0.05) is 0 Å². The van der Waals surface area contributed by atoms with E-state index in [1.54, 1.807) is 19.6 Å². The number of rotatable bonds is 5. The first kappa shape index (κ1) is 16.6. The molecule has 1 aliphatic rings. The van der Waals surface area contributed by atoms with E-state index in [1.807, 2.05) is 28.8 Å². The van der Waals surface area contributed by atoms with Crippen molar-refractivity contribution in [3.8, 4) is 11.4 Å². The summed E-state index contributed by atoms with van der Waals surface area (Å²) in [4.78, 5) is 22.5. The molecule has 7 heteroatoms. The van der Waals surface area contributed by atoms with Crippen molar-refractivity contribution in [1.82, 2.24) is 24.6 Å². The van der Waals surface area contributed by atoms with Gasteiger partial charge in [-0.15, -0.1) is 0 Å². The van der Waals surface area contributed by atoms with Gasteiger partial charge < -0.3 is 9.64 Å². The van der Waals surface area contributed by atoms with E-state index in [2.05, 4.69) is 15.1 Å². The van der Waals surface area contributed by atoms with Gasteiger partial charge in [0.15, 0.2) is 0 Å². The minimum absolute atomic E-state index is 0.0801. The molecular formula is C17H23N5O2. The second kappa shape index (κ2) is 7.53. The van der Waals surface area contributed by atoms with Gasteiger partial charge in [0, 0.05) is 39.1 Å². The van der Waals surface area contributed by atoms with Gasteiger partial charge in [0.1, 0.15) is 12.9 Å². The van der Waals surface area contributed by atoms with Crippen LogP contribution in [0.5, 0.6) is 0 Å². The van der Waals surface area contributed by atoms with Crippen LogP contribution in [0.1, 0.15) is 18.5 Å². The molecule has 24 heavy (non-hydrogen) atoms. The third-order valence-corrected chi connectivity index (χ3v) is 4.54. The van der Waals surface area contributed by atoms with Crippen molar-refractivity contribution in [2.24, 2.45) is 13.0 Å². The molecule has 0 aliphatic carbocycles. The Hall–Kier alpha value is -2.28. The molecule has 128 valence electrons. The van der Waals surface area contributed by atoms with Crippen molar-refractivity contribution < 1.29 is 9.53 Å². The predicted octanol–water partition coefficient (Wildman–Crippen LogP) is 1.30. The summed E-state index contributed by atoms with van der Waals surface area (Å²) in [6, 6.07) is 3.99. The van der Waals surface area contributed by atoms with Crippen molar-refractivity contribution >= 4 is 5.91 Å². The van der Waals surface area contributed by atoms with Crippen LogP contribution in [0.15, 0.2) is 24.7 Å². The molecule has 3 heterocycles. The largest absolute Gasteiger partial charge is 0.375 e. The fourth-order valence-electron chi connectivity index (χ4n) is 3.17. The quantitative estimate of drug-likeness (QED) is 0.827. The zero-order chi connectivity index (χ0) is 16.9. The summed E-state index contributed by atoms with van der Waals surface area (Å²) in [5.74, 6) is 0.627. The monoisotopic (exact) mass is 329 g/mol. The van der Waals surface area contributed by atoms with Gasteiger partial charge in [-0.2, -0.15) is 5.10 Å². The van der Waals surface area contributed by atoms with Crippen molar-refractivity contribution in [3.63, 3.8) is 0 Å². The Labute approximate surface area is 141 Å². The molecule has 0 radical (unpaired) electrons. The van der Waals surface area contributed by atoms with Crippen molar-refractivity contribution in [3.05, 3.63) is 30.4 Å². The van der Waals surface area contributed by atoms with Crippen molar-refractivity contribution in [1.29, 1.82) is 0 Å². The van der Waals surface area contributed by atoms with E-state index in [0.29, 0.717) is 5.92 Å². The highest BCUT2D eigenvalue weighted by atomic mass is 16.5. The Morgan fingerprint density at radius 1 is 1.33 bits per heavy atom. The number of likely N-dealkylation sites (tertiary alicyclic amines) is 1. The van der Waals surface area contributed by atoms with E-state index in [9.17, 15) is 4.79 Å². The van der Waals surface area contributed by atoms with Gasteiger partial charge in [0.25, 0.3) is 0 Å². The molecule has 1 saturated heterocycles. The highest BCUT2D eigenvalue weighted by Gasteiger charge is 2.23. The van der Waals surface area contributed by atoms with Crippen LogP contribution >= 0.6 is 0 Å². The Morgan fingerprint density at radius 3 is 2.79 bits per heavy atom. The fourth-order valence-corrected chi connectivity index (χ4v) is 3.17. The summed E-state index contributed by atoms with van der Waals surface area (Å²) >= 11 is 0. The minimum Gasteiger partial charge on any atom is -0.375 e. The Balaban J connectivity index is 1.60. The van der Waals surface area contributed by atoms with Crippen LogP contribution in [-0.2, 0) is 23.0 Å². The van der Waals surface area contributed by atoms with E-state index in [0.717, 1.165) is 49.4 Å². The SMILES string of the molecule is COCC(=O)N1CCC(Cc2cc(-c3ccnn3C)ncn2)CC1. The lowest BCUT2D eigenvalue weighted by Crippen LogP contribution is -2.40. The number of methoxy groups -OCH3 is 1. The second-order valence-corrected chi connectivity index (χ2v) is 6.20. The van der Waals surface area contributed by atoms with Gasteiger partial charge in [-0.3, -0.25) is 9.48 Å². The number of hydrogen-bond donors (Lipinski definition) is 0. The van der Waals surface area contributed by atoms with E-state index >= 15 is 0 Å². The van der Waals surface area contributed by atoms with Crippen LogP contribution in [0.25, 0.3) is 11.4 Å². The van der Waals surface area contributed by atoms with E-state index < -0.39 is 0 Å². The Kier molecular flexibility index (Phi) is 5.20. The lowest BCUT2D eigenvalue weighted by atomic mass is 9.92. The molecule has 0 N–H and O–H groups in total. The third kappa shape index (κ3) is 3.79. The Morgan fingerprint density at radius 2 is 2.12 bits per heavy atom. The number of carbonyl (C=O) groups is 1. The average Bonchev–Trinajstić information content (AvgIpc) is 3.02. The molecule has 0 saturated carbocycles. The Bertz CT molecular complexity index is 692. The van der Waals surface area contributed by atoms with Gasteiger partial charge >= 0.3 is 0 Å². The molecule has 1 aliphatic heterocycles. The summed E-state index contributed by atoms with van der Waals surface area (Å²) in [5.41, 5.74) is 2.93. The molecule has 0 bridgehead atoms. The predicted molar refractivity (Wildman–Crippen MR) is 89.1 cm³/mol. The maximum atomic E-state index is 11.8. The molecule has 0 unspecified atom stereocenters. The number of aromatic nitrogens is 4. The minimum atomic E-state index is 0.0801. The zero-order valence-electron chi connectivity index (χ0n) is 14.2. The maximum Gasteiger partial charge on any atom is 0.248 e. The smallest absolute Gasteiger partial charge is 0.248 e. The van der Waals surface area contributed by atoms with E-state index in [4.69, 9.17) is 4.74 Å².